The van der Waals surface area contributed by atoms with Gasteiger partial charge in [-0.25, -0.2) is 8.78 Å². The topological polar surface area (TPSA) is 92.5 Å². The molecule has 6 nitrogen and oxygen atoms in total. The predicted molar refractivity (Wildman–Crippen MR) is 72.6 cm³/mol. The molecule has 0 amide bonds. The van der Waals surface area contributed by atoms with Gasteiger partial charge < -0.3 is 10.4 Å². The molecular weight excluding hydrogens is 286 g/mol. The maximum atomic E-state index is 12.9. The Hall–Kier alpha value is -2.25. The standard InChI is InChI=1S/C13H16F2N2O4/c14-13(15)10-8-9(17(20)21)5-6-11(10)16-7-3-1-2-4-12(18)19/h5-6,8,13,16H,1-4,7H2,(H,18,19). The van der Waals surface area contributed by atoms with E-state index >= 15 is 0 Å². The van der Waals surface area contributed by atoms with Crippen LogP contribution in [0.15, 0.2) is 18.2 Å². The number of carboxylic acid groups (broad SMARTS) is 1. The maximum absolute atomic E-state index is 12.9. The van der Waals surface area contributed by atoms with E-state index in [1.54, 1.807) is 0 Å². The van der Waals surface area contributed by atoms with Gasteiger partial charge >= 0.3 is 5.97 Å². The summed E-state index contributed by atoms with van der Waals surface area (Å²) < 4.78 is 25.7. The predicted octanol–water partition coefficient (Wildman–Crippen LogP) is 3.59. The number of carbonyl (C=O) groups is 1. The van der Waals surface area contributed by atoms with Gasteiger partial charge in [0, 0.05) is 36.3 Å². The summed E-state index contributed by atoms with van der Waals surface area (Å²) in [7, 11) is 0. The fourth-order valence-electron chi connectivity index (χ4n) is 1.81. The van der Waals surface area contributed by atoms with E-state index in [2.05, 4.69) is 5.32 Å². The fourth-order valence-corrected chi connectivity index (χ4v) is 1.81. The van der Waals surface area contributed by atoms with Crippen molar-refractivity contribution in [2.45, 2.75) is 32.1 Å². The number of carboxylic acids is 1. The van der Waals surface area contributed by atoms with Crippen molar-refractivity contribution in [2.75, 3.05) is 11.9 Å². The third-order valence-corrected chi connectivity index (χ3v) is 2.86. The molecule has 0 saturated carbocycles. The van der Waals surface area contributed by atoms with Gasteiger partial charge in [-0.2, -0.15) is 0 Å². The number of nitro benzene ring substituents is 1. The van der Waals surface area contributed by atoms with E-state index in [0.29, 0.717) is 25.8 Å². The Balaban J connectivity index is 2.54. The van der Waals surface area contributed by atoms with Crippen molar-refractivity contribution in [3.8, 4) is 0 Å². The highest BCUT2D eigenvalue weighted by Gasteiger charge is 2.17. The van der Waals surface area contributed by atoms with Crippen molar-refractivity contribution in [3.05, 3.63) is 33.9 Å². The van der Waals surface area contributed by atoms with Crippen LogP contribution in [0.3, 0.4) is 0 Å². The zero-order chi connectivity index (χ0) is 15.8. The van der Waals surface area contributed by atoms with Crippen LogP contribution in [0, 0.1) is 10.1 Å². The van der Waals surface area contributed by atoms with Gasteiger partial charge in [-0.3, -0.25) is 14.9 Å². The van der Waals surface area contributed by atoms with Crippen LogP contribution in [-0.4, -0.2) is 22.5 Å². The molecule has 0 aliphatic carbocycles. The highest BCUT2D eigenvalue weighted by Crippen LogP contribution is 2.30. The molecule has 116 valence electrons. The number of anilines is 1. The summed E-state index contributed by atoms with van der Waals surface area (Å²) >= 11 is 0. The lowest BCUT2D eigenvalue weighted by Gasteiger charge is -2.11. The molecule has 0 aliphatic heterocycles. The lowest BCUT2D eigenvalue weighted by molar-refractivity contribution is -0.385. The first-order chi connectivity index (χ1) is 9.91. The normalized spacial score (nSPS) is 10.6. The van der Waals surface area contributed by atoms with Crippen LogP contribution in [0.5, 0.6) is 0 Å². The summed E-state index contributed by atoms with van der Waals surface area (Å²) in [5.74, 6) is -0.863. The first-order valence-corrected chi connectivity index (χ1v) is 6.44. The number of aliphatic carboxylic acids is 1. The van der Waals surface area contributed by atoms with E-state index in [0.717, 1.165) is 6.07 Å². The van der Waals surface area contributed by atoms with Crippen LogP contribution in [0.25, 0.3) is 0 Å². The van der Waals surface area contributed by atoms with Crippen molar-refractivity contribution in [3.63, 3.8) is 0 Å². The minimum atomic E-state index is -2.81. The van der Waals surface area contributed by atoms with Crippen molar-refractivity contribution in [2.24, 2.45) is 0 Å². The van der Waals surface area contributed by atoms with Crippen LogP contribution in [0.2, 0.25) is 0 Å². The highest BCUT2D eigenvalue weighted by atomic mass is 19.3. The Bertz CT molecular complexity index is 509. The number of nitro groups is 1. The van der Waals surface area contributed by atoms with Crippen LogP contribution in [-0.2, 0) is 4.79 Å². The summed E-state index contributed by atoms with van der Waals surface area (Å²) in [6.45, 7) is 0.400. The molecule has 0 spiro atoms. The maximum Gasteiger partial charge on any atom is 0.303 e. The average molecular weight is 302 g/mol. The second-order valence-electron chi connectivity index (χ2n) is 4.46. The van der Waals surface area contributed by atoms with Crippen LogP contribution in [0.1, 0.15) is 37.7 Å². The van der Waals surface area contributed by atoms with Crippen LogP contribution >= 0.6 is 0 Å². The Morgan fingerprint density at radius 2 is 2.05 bits per heavy atom. The molecule has 0 radical (unpaired) electrons. The molecule has 1 rings (SSSR count). The van der Waals surface area contributed by atoms with Gasteiger partial charge in [-0.1, -0.05) is 6.42 Å². The number of rotatable bonds is 9. The molecule has 0 aromatic heterocycles. The second kappa shape index (κ2) is 8.13. The number of hydrogen-bond acceptors (Lipinski definition) is 4. The summed E-state index contributed by atoms with van der Waals surface area (Å²) in [4.78, 5) is 20.2. The van der Waals surface area contributed by atoms with Crippen molar-refractivity contribution in [1.82, 2.24) is 0 Å². The molecule has 21 heavy (non-hydrogen) atoms. The van der Waals surface area contributed by atoms with Crippen molar-refractivity contribution >= 4 is 17.3 Å². The molecule has 0 aliphatic rings. The number of unbranched alkanes of at least 4 members (excludes halogenated alkanes) is 2. The van der Waals surface area contributed by atoms with Crippen molar-refractivity contribution < 1.29 is 23.6 Å². The number of halogens is 2. The summed E-state index contributed by atoms with van der Waals surface area (Å²) in [5.41, 5.74) is -0.624. The minimum Gasteiger partial charge on any atom is -0.481 e. The SMILES string of the molecule is O=C(O)CCCCCNc1ccc([N+](=O)[O-])cc1C(F)F. The van der Waals surface area contributed by atoms with Gasteiger partial charge in [-0.05, 0) is 18.9 Å². The quantitative estimate of drug-likeness (QED) is 0.413. The number of nitrogens with one attached hydrogen (secondary N) is 1. The summed E-state index contributed by atoms with van der Waals surface area (Å²) in [6, 6.07) is 3.28. The monoisotopic (exact) mass is 302 g/mol. The smallest absolute Gasteiger partial charge is 0.303 e. The minimum absolute atomic E-state index is 0.0832. The summed E-state index contributed by atoms with van der Waals surface area (Å²) in [5, 5.41) is 21.8. The largest absolute Gasteiger partial charge is 0.481 e. The van der Waals surface area contributed by atoms with Crippen LogP contribution in [0.4, 0.5) is 20.2 Å². The third kappa shape index (κ3) is 5.72. The molecular formula is C13H16F2N2O4. The molecule has 0 bridgehead atoms. The molecule has 1 aromatic carbocycles. The molecule has 8 heteroatoms. The Kier molecular flexibility index (Phi) is 6.51. The van der Waals surface area contributed by atoms with Crippen molar-refractivity contribution in [1.29, 1.82) is 0 Å². The Morgan fingerprint density at radius 3 is 2.62 bits per heavy atom. The van der Waals surface area contributed by atoms with Gasteiger partial charge in [0.15, 0.2) is 0 Å². The third-order valence-electron chi connectivity index (χ3n) is 2.86. The Labute approximate surface area is 119 Å². The Morgan fingerprint density at radius 1 is 1.33 bits per heavy atom. The number of benzene rings is 1. The first-order valence-electron chi connectivity index (χ1n) is 6.44. The van der Waals surface area contributed by atoms with Gasteiger partial charge in [0.1, 0.15) is 0 Å². The first kappa shape index (κ1) is 16.8. The van der Waals surface area contributed by atoms with Gasteiger partial charge in [0.05, 0.1) is 4.92 Å². The molecule has 0 heterocycles. The van der Waals surface area contributed by atoms with E-state index in [1.807, 2.05) is 0 Å². The molecule has 1 aromatic rings. The average Bonchev–Trinajstić information content (AvgIpc) is 2.42. The molecule has 0 fully saturated rings. The van der Waals surface area contributed by atoms with Gasteiger partial charge in [0.2, 0.25) is 0 Å². The molecule has 2 N–H and O–H groups in total. The van der Waals surface area contributed by atoms with Gasteiger partial charge in [-0.15, -0.1) is 0 Å². The number of nitrogens with zero attached hydrogens (tertiary/aromatic N) is 1. The van der Waals surface area contributed by atoms with Gasteiger partial charge in [0.25, 0.3) is 12.1 Å². The zero-order valence-corrected chi connectivity index (χ0v) is 11.2. The lowest BCUT2D eigenvalue weighted by atomic mass is 10.1. The number of non-ortho nitro benzene ring substituents is 1. The summed E-state index contributed by atoms with van der Waals surface area (Å²) in [6.07, 6.45) is -0.901. The second-order valence-corrected chi connectivity index (χ2v) is 4.46. The fraction of sp³-hybridized carbons (Fsp3) is 0.462. The van der Waals surface area contributed by atoms with E-state index in [-0.39, 0.29) is 17.8 Å². The molecule has 0 unspecified atom stereocenters. The van der Waals surface area contributed by atoms with Crippen LogP contribution < -0.4 is 5.32 Å². The highest BCUT2D eigenvalue weighted by molar-refractivity contribution is 5.66. The van der Waals surface area contributed by atoms with E-state index in [4.69, 9.17) is 5.11 Å². The van der Waals surface area contributed by atoms with E-state index in [9.17, 15) is 23.7 Å². The van der Waals surface area contributed by atoms with E-state index < -0.39 is 22.9 Å². The number of alkyl halides is 2. The molecule has 0 saturated heterocycles. The molecule has 0 atom stereocenters. The lowest BCUT2D eigenvalue weighted by Crippen LogP contribution is -2.05. The number of hydrogen-bond donors (Lipinski definition) is 2. The van der Waals surface area contributed by atoms with E-state index in [1.165, 1.54) is 12.1 Å². The zero-order valence-electron chi connectivity index (χ0n) is 11.2.